The third-order valence-electron chi connectivity index (χ3n) is 14.4. The van der Waals surface area contributed by atoms with Crippen molar-refractivity contribution in [2.24, 2.45) is 0 Å². The number of nitrogens with zero attached hydrogens (tertiary/aromatic N) is 8. The van der Waals surface area contributed by atoms with E-state index in [0.717, 1.165) is 111 Å². The molecule has 0 atom stereocenters. The topological polar surface area (TPSA) is 71.3 Å². The molecular weight excluding hydrogens is 1320 g/mol. The van der Waals surface area contributed by atoms with Gasteiger partial charge in [0.05, 0.1) is 5.52 Å². The molecule has 0 unspecified atom stereocenters. The summed E-state index contributed by atoms with van der Waals surface area (Å²) in [7, 11) is 0. The zero-order valence-electron chi connectivity index (χ0n) is 41.3. The number of fused-ring (bicyclic) bond motifs is 12. The van der Waals surface area contributed by atoms with E-state index in [1.807, 2.05) is 91.4 Å². The van der Waals surface area contributed by atoms with Crippen LogP contribution in [0.5, 0.6) is 0 Å². The van der Waals surface area contributed by atoms with E-state index in [2.05, 4.69) is 209 Å². The predicted octanol–water partition coefficient (Wildman–Crippen LogP) is 15.9. The van der Waals surface area contributed by atoms with Gasteiger partial charge in [0.25, 0.3) is 0 Å². The summed E-state index contributed by atoms with van der Waals surface area (Å²) in [5.41, 5.74) is 14.0. The van der Waals surface area contributed by atoms with Crippen LogP contribution in [0.1, 0.15) is 0 Å². The van der Waals surface area contributed by atoms with E-state index in [1.54, 1.807) is 0 Å². The fourth-order valence-corrected chi connectivity index (χ4v) is 11.1. The van der Waals surface area contributed by atoms with Crippen molar-refractivity contribution in [1.29, 1.82) is 0 Å². The van der Waals surface area contributed by atoms with Crippen molar-refractivity contribution < 1.29 is 42.1 Å². The molecule has 0 spiro atoms. The quantitative estimate of drug-likeness (QED) is 0.156. The van der Waals surface area contributed by atoms with E-state index in [0.29, 0.717) is 0 Å². The molecule has 372 valence electrons. The van der Waals surface area contributed by atoms with Crippen LogP contribution in [0, 0.1) is 24.3 Å². The molecule has 8 aromatic carbocycles. The van der Waals surface area contributed by atoms with Crippen LogP contribution < -0.4 is 0 Å². The molecule has 0 saturated carbocycles. The molecule has 0 amide bonds. The minimum Gasteiger partial charge on any atom is -0.352 e. The van der Waals surface area contributed by atoms with Gasteiger partial charge in [-0.2, -0.15) is 30.3 Å². The second-order valence-corrected chi connectivity index (χ2v) is 18.7. The van der Waals surface area contributed by atoms with Gasteiger partial charge in [-0.05, 0) is 99.2 Å². The number of aromatic nitrogens is 8. The Bertz CT molecular complexity index is 4560. The molecule has 78 heavy (non-hydrogen) atoms. The van der Waals surface area contributed by atoms with Crippen molar-refractivity contribution in [2.45, 2.75) is 0 Å². The standard InChI is InChI=1S/2C34H20N4.2Pt/c1-3-12-30-25(9-1)27-17-15-23(29-11-5-7-19-35-29)21-32(27)37(30)24-16-18-28-26-10-2-4-13-31(26)38(33(28)22-24)34-14-6-8-20-36-34;1-2-10-24(11-3-1)37-30-15-6-5-13-26(30)28-19-20-33(36-34(28)37)38-31-16-7-4-12-25(31)27-18-17-23(22-32(27)38)29-14-8-9-21-35-29;;/h1-20H;1-10,12-21H;;/q2*-2;2*+2. The van der Waals surface area contributed by atoms with Crippen LogP contribution in [0.3, 0.4) is 0 Å². The Kier molecular flexibility index (Phi) is 12.5. The van der Waals surface area contributed by atoms with Crippen molar-refractivity contribution in [2.75, 3.05) is 0 Å². The van der Waals surface area contributed by atoms with Crippen molar-refractivity contribution in [3.8, 4) is 45.5 Å². The van der Waals surface area contributed by atoms with E-state index in [1.165, 1.54) is 21.5 Å². The number of para-hydroxylation sites is 5. The summed E-state index contributed by atoms with van der Waals surface area (Å²) >= 11 is 0. The smallest absolute Gasteiger partial charge is 0.352 e. The molecule has 16 aromatic rings. The van der Waals surface area contributed by atoms with Gasteiger partial charge in [0.2, 0.25) is 0 Å². The second-order valence-electron chi connectivity index (χ2n) is 18.7. The largest absolute Gasteiger partial charge is 2.00 e. The third kappa shape index (κ3) is 7.98. The Balaban J connectivity index is 0.000000145. The minimum atomic E-state index is 0. The fourth-order valence-electron chi connectivity index (χ4n) is 11.1. The van der Waals surface area contributed by atoms with Crippen LogP contribution in [0.25, 0.3) is 133 Å². The van der Waals surface area contributed by atoms with E-state index in [-0.39, 0.29) is 42.1 Å². The number of benzene rings is 8. The van der Waals surface area contributed by atoms with Crippen LogP contribution in [-0.2, 0) is 42.1 Å². The van der Waals surface area contributed by atoms with Gasteiger partial charge in [0, 0.05) is 45.9 Å². The monoisotopic (exact) mass is 1360 g/mol. The van der Waals surface area contributed by atoms with Gasteiger partial charge in [-0.15, -0.1) is 71.1 Å². The SMILES string of the molecule is [Pt+2].[Pt+2].[c-]1c(-c2ccccn2)ccc2c3ccccc3n(-c3[c-]c4c(cc3)c3ccccc3n4-c3ccccn3)c12.[c-]1ccccc1-n1c2ccccc2c2ccc(-n3c4[c-]c(-c5ccccn5)ccc4c4ccccc43)nc21. The molecule has 16 rings (SSSR count). The molecule has 0 fully saturated rings. The van der Waals surface area contributed by atoms with Crippen LogP contribution in [0.2, 0.25) is 0 Å². The van der Waals surface area contributed by atoms with E-state index >= 15 is 0 Å². The van der Waals surface area contributed by atoms with Crippen LogP contribution in [0.4, 0.5) is 0 Å². The van der Waals surface area contributed by atoms with E-state index in [4.69, 9.17) is 4.98 Å². The number of hydrogen-bond donors (Lipinski definition) is 0. The summed E-state index contributed by atoms with van der Waals surface area (Å²) < 4.78 is 8.88. The molecular formula is C68H40N8Pt2. The third-order valence-corrected chi connectivity index (χ3v) is 14.4. The number of hydrogen-bond acceptors (Lipinski definition) is 4. The number of pyridine rings is 4. The molecule has 0 radical (unpaired) electrons. The first-order chi connectivity index (χ1) is 37.7. The zero-order chi connectivity index (χ0) is 50.1. The number of rotatable bonds is 6. The van der Waals surface area contributed by atoms with Gasteiger partial charge in [-0.3, -0.25) is 0 Å². The Hall–Kier alpha value is -9.06. The first kappa shape index (κ1) is 48.6. The molecule has 0 aliphatic carbocycles. The Morgan fingerprint density at radius 1 is 0.295 bits per heavy atom. The summed E-state index contributed by atoms with van der Waals surface area (Å²) in [6.07, 6.45) is 5.47. The van der Waals surface area contributed by atoms with Crippen molar-refractivity contribution >= 4 is 87.4 Å². The molecule has 0 saturated heterocycles. The van der Waals surface area contributed by atoms with Gasteiger partial charge in [-0.1, -0.05) is 131 Å². The Labute approximate surface area is 477 Å². The van der Waals surface area contributed by atoms with Gasteiger partial charge in [0.15, 0.2) is 0 Å². The van der Waals surface area contributed by atoms with E-state index < -0.39 is 0 Å². The molecule has 0 bridgehead atoms. The molecule has 8 aromatic heterocycles. The van der Waals surface area contributed by atoms with Gasteiger partial charge >= 0.3 is 42.1 Å². The maximum absolute atomic E-state index is 5.30. The molecule has 0 aliphatic heterocycles. The van der Waals surface area contributed by atoms with E-state index in [9.17, 15) is 0 Å². The zero-order valence-corrected chi connectivity index (χ0v) is 45.8. The van der Waals surface area contributed by atoms with Crippen LogP contribution in [-0.4, -0.2) is 38.2 Å². The first-order valence-electron chi connectivity index (χ1n) is 25.2. The molecule has 8 heterocycles. The average Bonchev–Trinajstić information content (AvgIpc) is 4.37. The molecule has 0 N–H and O–H groups in total. The summed E-state index contributed by atoms with van der Waals surface area (Å²) in [4.78, 5) is 19.1. The normalized spacial score (nSPS) is 11.4. The average molecular weight is 1360 g/mol. The van der Waals surface area contributed by atoms with Crippen LogP contribution in [0.15, 0.2) is 243 Å². The summed E-state index contributed by atoms with van der Waals surface area (Å²) in [5, 5.41) is 9.26. The molecule has 10 heteroatoms. The maximum atomic E-state index is 5.30. The summed E-state index contributed by atoms with van der Waals surface area (Å²) in [5.74, 6) is 1.72. The van der Waals surface area contributed by atoms with Crippen LogP contribution >= 0.6 is 0 Å². The Morgan fingerprint density at radius 2 is 0.744 bits per heavy atom. The second kappa shape index (κ2) is 20.1. The fraction of sp³-hybridized carbons (Fsp3) is 0. The first-order valence-corrected chi connectivity index (χ1v) is 25.2. The van der Waals surface area contributed by atoms with Gasteiger partial charge in [-0.25, -0.2) is 9.97 Å². The maximum Gasteiger partial charge on any atom is 2.00 e. The van der Waals surface area contributed by atoms with Crippen molar-refractivity contribution in [3.63, 3.8) is 0 Å². The summed E-state index contributed by atoms with van der Waals surface area (Å²) in [6.45, 7) is 0. The van der Waals surface area contributed by atoms with Crippen molar-refractivity contribution in [3.05, 3.63) is 267 Å². The van der Waals surface area contributed by atoms with Crippen molar-refractivity contribution in [1.82, 2.24) is 38.2 Å². The van der Waals surface area contributed by atoms with Gasteiger partial charge < -0.3 is 28.2 Å². The predicted molar refractivity (Wildman–Crippen MR) is 308 cm³/mol. The molecule has 8 nitrogen and oxygen atoms in total. The van der Waals surface area contributed by atoms with Gasteiger partial charge in [0.1, 0.15) is 17.3 Å². The Morgan fingerprint density at radius 3 is 1.28 bits per heavy atom. The molecule has 0 aliphatic rings. The summed E-state index contributed by atoms with van der Waals surface area (Å²) in [6, 6.07) is 91.6. The minimum absolute atomic E-state index is 0.